The van der Waals surface area contributed by atoms with E-state index in [1.54, 1.807) is 24.0 Å². The van der Waals surface area contributed by atoms with Crippen molar-refractivity contribution in [3.05, 3.63) is 29.6 Å². The van der Waals surface area contributed by atoms with Crippen LogP contribution in [0.15, 0.2) is 18.2 Å². The zero-order chi connectivity index (χ0) is 17.3. The fraction of sp³-hybridized carbons (Fsp3) is 0.529. The number of halogens is 1. The van der Waals surface area contributed by atoms with Crippen LogP contribution in [0.25, 0.3) is 0 Å². The second-order valence-electron chi connectivity index (χ2n) is 6.42. The molecule has 2 aliphatic heterocycles. The van der Waals surface area contributed by atoms with Gasteiger partial charge in [-0.15, -0.1) is 0 Å². The lowest BCUT2D eigenvalue weighted by Gasteiger charge is -2.37. The number of amides is 3. The zero-order valence-electron chi connectivity index (χ0n) is 14.0. The molecule has 24 heavy (non-hydrogen) atoms. The van der Waals surface area contributed by atoms with Gasteiger partial charge < -0.3 is 10.2 Å². The molecule has 2 saturated heterocycles. The molecule has 0 aliphatic carbocycles. The van der Waals surface area contributed by atoms with Crippen LogP contribution in [-0.2, 0) is 9.63 Å². The number of anilines is 1. The van der Waals surface area contributed by atoms with Crippen LogP contribution in [0, 0.1) is 12.7 Å². The maximum absolute atomic E-state index is 13.6. The molecule has 2 aliphatic rings. The molecule has 3 rings (SSSR count). The Morgan fingerprint density at radius 2 is 2.08 bits per heavy atom. The Bertz CT molecular complexity index is 656. The summed E-state index contributed by atoms with van der Waals surface area (Å²) in [6, 6.07) is 4.37. The van der Waals surface area contributed by atoms with Gasteiger partial charge in [-0.05, 0) is 44.4 Å². The topological polar surface area (TPSA) is 61.9 Å². The largest absolute Gasteiger partial charge is 0.324 e. The number of likely N-dealkylation sites (tertiary alicyclic amines) is 1. The zero-order valence-corrected chi connectivity index (χ0v) is 14.0. The second-order valence-corrected chi connectivity index (χ2v) is 6.42. The van der Waals surface area contributed by atoms with Gasteiger partial charge in [0.2, 0.25) is 5.91 Å². The molecule has 0 radical (unpaired) electrons. The number of nitrogens with one attached hydrogen (secondary N) is 1. The minimum absolute atomic E-state index is 0.00512. The Morgan fingerprint density at radius 1 is 1.38 bits per heavy atom. The third kappa shape index (κ3) is 3.21. The predicted octanol–water partition coefficient (Wildman–Crippen LogP) is 2.68. The lowest BCUT2D eigenvalue weighted by Crippen LogP contribution is -2.48. The van der Waals surface area contributed by atoms with Crippen LogP contribution in [0.5, 0.6) is 0 Å². The standard InChI is InChI=1S/C17H22FN3O3/c1-3-21-15(22)11-17(24-21)6-8-20(9-7-17)16(23)19-13-5-4-12(2)14(18)10-13/h4-5,10H,3,6-9,11H2,1-2H3,(H,19,23). The lowest BCUT2D eigenvalue weighted by atomic mass is 9.89. The summed E-state index contributed by atoms with van der Waals surface area (Å²) in [5, 5.41) is 4.12. The van der Waals surface area contributed by atoms with E-state index in [9.17, 15) is 14.0 Å². The highest BCUT2D eigenvalue weighted by Gasteiger charge is 2.46. The van der Waals surface area contributed by atoms with Crippen molar-refractivity contribution in [2.45, 2.75) is 38.7 Å². The van der Waals surface area contributed by atoms with Crippen molar-refractivity contribution in [2.75, 3.05) is 25.0 Å². The van der Waals surface area contributed by atoms with Gasteiger partial charge in [0, 0.05) is 25.3 Å². The third-order valence-electron chi connectivity index (χ3n) is 4.73. The molecular weight excluding hydrogens is 313 g/mol. The van der Waals surface area contributed by atoms with Gasteiger partial charge in [0.1, 0.15) is 11.4 Å². The van der Waals surface area contributed by atoms with E-state index in [-0.39, 0.29) is 17.8 Å². The van der Waals surface area contributed by atoms with Gasteiger partial charge in [0.05, 0.1) is 6.42 Å². The lowest BCUT2D eigenvalue weighted by molar-refractivity contribution is -0.206. The highest BCUT2D eigenvalue weighted by Crippen LogP contribution is 2.36. The fourth-order valence-electron chi connectivity index (χ4n) is 3.18. The number of benzene rings is 1. The number of nitrogens with zero attached hydrogens (tertiary/aromatic N) is 2. The van der Waals surface area contributed by atoms with Gasteiger partial charge in [-0.25, -0.2) is 14.2 Å². The number of aryl methyl sites for hydroxylation is 1. The Morgan fingerprint density at radius 3 is 2.67 bits per heavy atom. The van der Waals surface area contributed by atoms with E-state index >= 15 is 0 Å². The molecule has 0 atom stereocenters. The summed E-state index contributed by atoms with van der Waals surface area (Å²) in [4.78, 5) is 31.7. The van der Waals surface area contributed by atoms with Crippen LogP contribution in [0.1, 0.15) is 31.7 Å². The predicted molar refractivity (Wildman–Crippen MR) is 86.8 cm³/mol. The number of hydrogen-bond acceptors (Lipinski definition) is 3. The van der Waals surface area contributed by atoms with E-state index in [4.69, 9.17) is 4.84 Å². The van der Waals surface area contributed by atoms with Crippen molar-refractivity contribution in [2.24, 2.45) is 0 Å². The summed E-state index contributed by atoms with van der Waals surface area (Å²) in [5.74, 6) is -0.339. The molecule has 1 aromatic carbocycles. The highest BCUT2D eigenvalue weighted by molar-refractivity contribution is 5.89. The normalized spacial score (nSPS) is 19.9. The quantitative estimate of drug-likeness (QED) is 0.904. The number of urea groups is 1. The number of piperidine rings is 1. The Hall–Kier alpha value is -2.15. The molecule has 0 bridgehead atoms. The third-order valence-corrected chi connectivity index (χ3v) is 4.73. The molecule has 3 amide bonds. The molecule has 1 aromatic rings. The van der Waals surface area contributed by atoms with Crippen molar-refractivity contribution in [3.8, 4) is 0 Å². The molecule has 130 valence electrons. The average Bonchev–Trinajstić information content (AvgIpc) is 2.87. The highest BCUT2D eigenvalue weighted by atomic mass is 19.1. The fourth-order valence-corrected chi connectivity index (χ4v) is 3.18. The summed E-state index contributed by atoms with van der Waals surface area (Å²) < 4.78 is 13.6. The van der Waals surface area contributed by atoms with Crippen LogP contribution >= 0.6 is 0 Å². The first kappa shape index (κ1) is 16.7. The number of rotatable bonds is 2. The van der Waals surface area contributed by atoms with E-state index in [1.807, 2.05) is 6.92 Å². The van der Waals surface area contributed by atoms with Crippen molar-refractivity contribution >= 4 is 17.6 Å². The first-order valence-corrected chi connectivity index (χ1v) is 8.24. The molecule has 7 heteroatoms. The first-order chi connectivity index (χ1) is 11.4. The molecular formula is C17H22FN3O3. The molecule has 1 N–H and O–H groups in total. The van der Waals surface area contributed by atoms with Gasteiger partial charge in [-0.2, -0.15) is 0 Å². The Labute approximate surface area is 140 Å². The van der Waals surface area contributed by atoms with Crippen molar-refractivity contribution in [1.82, 2.24) is 9.96 Å². The number of hydrogen-bond donors (Lipinski definition) is 1. The summed E-state index contributed by atoms with van der Waals surface area (Å²) in [5.41, 5.74) is 0.504. The maximum Gasteiger partial charge on any atom is 0.321 e. The molecule has 0 aromatic heterocycles. The van der Waals surface area contributed by atoms with Crippen LogP contribution < -0.4 is 5.32 Å². The molecule has 0 unspecified atom stereocenters. The molecule has 6 nitrogen and oxygen atoms in total. The van der Waals surface area contributed by atoms with E-state index in [1.165, 1.54) is 11.1 Å². The monoisotopic (exact) mass is 335 g/mol. The van der Waals surface area contributed by atoms with Crippen LogP contribution in [0.2, 0.25) is 0 Å². The van der Waals surface area contributed by atoms with E-state index < -0.39 is 5.60 Å². The van der Waals surface area contributed by atoms with Crippen LogP contribution in [0.3, 0.4) is 0 Å². The average molecular weight is 335 g/mol. The van der Waals surface area contributed by atoms with Gasteiger partial charge in [-0.3, -0.25) is 9.63 Å². The minimum Gasteiger partial charge on any atom is -0.324 e. The maximum atomic E-state index is 13.6. The minimum atomic E-state index is -0.472. The second kappa shape index (κ2) is 6.39. The molecule has 2 heterocycles. The molecule has 2 fully saturated rings. The molecule has 1 spiro atoms. The smallest absolute Gasteiger partial charge is 0.321 e. The summed E-state index contributed by atoms with van der Waals surface area (Å²) in [6.07, 6.45) is 1.61. The Kier molecular flexibility index (Phi) is 4.45. The summed E-state index contributed by atoms with van der Waals surface area (Å²) >= 11 is 0. The summed E-state index contributed by atoms with van der Waals surface area (Å²) in [6.45, 7) is 5.09. The van der Waals surface area contributed by atoms with Crippen LogP contribution in [0.4, 0.5) is 14.9 Å². The van der Waals surface area contributed by atoms with Crippen molar-refractivity contribution in [1.29, 1.82) is 0 Å². The summed E-state index contributed by atoms with van der Waals surface area (Å²) in [7, 11) is 0. The Balaban J connectivity index is 1.57. The van der Waals surface area contributed by atoms with Crippen molar-refractivity contribution in [3.63, 3.8) is 0 Å². The van der Waals surface area contributed by atoms with E-state index in [2.05, 4.69) is 5.32 Å². The van der Waals surface area contributed by atoms with E-state index in [0.29, 0.717) is 50.1 Å². The van der Waals surface area contributed by atoms with Gasteiger partial charge in [0.25, 0.3) is 0 Å². The SMILES string of the molecule is CCN1OC2(CCN(C(=O)Nc3ccc(C)c(F)c3)CC2)CC1=O. The van der Waals surface area contributed by atoms with Crippen molar-refractivity contribution < 1.29 is 18.8 Å². The van der Waals surface area contributed by atoms with Gasteiger partial charge in [0.15, 0.2) is 0 Å². The number of carbonyl (C=O) groups is 2. The first-order valence-electron chi connectivity index (χ1n) is 8.24. The van der Waals surface area contributed by atoms with Crippen LogP contribution in [-0.4, -0.2) is 47.1 Å². The van der Waals surface area contributed by atoms with Gasteiger partial charge in [-0.1, -0.05) is 6.07 Å². The molecule has 0 saturated carbocycles. The number of carbonyl (C=O) groups excluding carboxylic acids is 2. The number of hydroxylamine groups is 2. The van der Waals surface area contributed by atoms with Gasteiger partial charge >= 0.3 is 6.03 Å². The van der Waals surface area contributed by atoms with E-state index in [0.717, 1.165) is 0 Å².